The van der Waals surface area contributed by atoms with Crippen LogP contribution in [0.4, 0.5) is 0 Å². The standard InChI is InChI=1S/C23H24N2O5/c1-3-25-18-7-5-4-6-17(18)20(13-23(25)27)30-14-22(26)24-15(2)16-8-9-19-21(12-16)29-11-10-28-19/h4-9,12-13,15H,3,10-11,14H2,1-2H3,(H,24,26)/t15-/m1/s1. The zero-order valence-electron chi connectivity index (χ0n) is 17.0. The van der Waals surface area contributed by atoms with E-state index in [0.29, 0.717) is 37.0 Å². The molecule has 1 amide bonds. The average molecular weight is 408 g/mol. The minimum atomic E-state index is -0.277. The smallest absolute Gasteiger partial charge is 0.258 e. The Morgan fingerprint density at radius 1 is 1.13 bits per heavy atom. The number of carbonyl (C=O) groups is 1. The molecular formula is C23H24N2O5. The predicted molar refractivity (Wildman–Crippen MR) is 113 cm³/mol. The summed E-state index contributed by atoms with van der Waals surface area (Å²) in [6, 6.07) is 14.3. The van der Waals surface area contributed by atoms with E-state index in [-0.39, 0.29) is 24.1 Å². The van der Waals surface area contributed by atoms with Crippen molar-refractivity contribution in [2.75, 3.05) is 19.8 Å². The summed E-state index contributed by atoms with van der Waals surface area (Å²) in [5.74, 6) is 1.52. The van der Waals surface area contributed by atoms with E-state index in [1.165, 1.54) is 6.07 Å². The molecule has 0 radical (unpaired) electrons. The van der Waals surface area contributed by atoms with Gasteiger partial charge in [-0.2, -0.15) is 0 Å². The van der Waals surface area contributed by atoms with Crippen molar-refractivity contribution in [3.05, 3.63) is 64.4 Å². The molecule has 2 heterocycles. The normalized spacial score (nSPS) is 13.7. The fraction of sp³-hybridized carbons (Fsp3) is 0.304. The molecule has 7 heteroatoms. The first kappa shape index (κ1) is 19.8. The van der Waals surface area contributed by atoms with E-state index < -0.39 is 0 Å². The van der Waals surface area contributed by atoms with Gasteiger partial charge < -0.3 is 24.1 Å². The Morgan fingerprint density at radius 3 is 2.70 bits per heavy atom. The van der Waals surface area contributed by atoms with Gasteiger partial charge in [0.05, 0.1) is 11.6 Å². The first-order valence-corrected chi connectivity index (χ1v) is 10.0. The molecule has 156 valence electrons. The van der Waals surface area contributed by atoms with Gasteiger partial charge in [-0.25, -0.2) is 0 Å². The minimum absolute atomic E-state index is 0.156. The third kappa shape index (κ3) is 3.96. The third-order valence-electron chi connectivity index (χ3n) is 5.10. The number of aromatic nitrogens is 1. The number of nitrogens with one attached hydrogen (secondary N) is 1. The minimum Gasteiger partial charge on any atom is -0.486 e. The van der Waals surface area contributed by atoms with Crippen LogP contribution < -0.4 is 25.1 Å². The number of rotatable bonds is 6. The van der Waals surface area contributed by atoms with Gasteiger partial charge in [-0.15, -0.1) is 0 Å². The highest BCUT2D eigenvalue weighted by Crippen LogP contribution is 2.32. The van der Waals surface area contributed by atoms with Crippen LogP contribution in [-0.4, -0.2) is 30.3 Å². The van der Waals surface area contributed by atoms with Crippen LogP contribution in [0, 0.1) is 0 Å². The van der Waals surface area contributed by atoms with Gasteiger partial charge >= 0.3 is 0 Å². The van der Waals surface area contributed by atoms with Crippen LogP contribution >= 0.6 is 0 Å². The monoisotopic (exact) mass is 408 g/mol. The first-order chi connectivity index (χ1) is 14.6. The van der Waals surface area contributed by atoms with Gasteiger partial charge in [-0.1, -0.05) is 18.2 Å². The fourth-order valence-electron chi connectivity index (χ4n) is 3.59. The second kappa shape index (κ2) is 8.49. The van der Waals surface area contributed by atoms with Crippen LogP contribution in [0.2, 0.25) is 0 Å². The number of pyridine rings is 1. The van der Waals surface area contributed by atoms with Crippen LogP contribution in [0.15, 0.2) is 53.3 Å². The van der Waals surface area contributed by atoms with Crippen molar-refractivity contribution in [3.63, 3.8) is 0 Å². The number of nitrogens with zero attached hydrogens (tertiary/aromatic N) is 1. The maximum Gasteiger partial charge on any atom is 0.258 e. The highest BCUT2D eigenvalue weighted by atomic mass is 16.6. The molecule has 1 N–H and O–H groups in total. The van der Waals surface area contributed by atoms with Crippen LogP contribution in [-0.2, 0) is 11.3 Å². The maximum absolute atomic E-state index is 12.5. The third-order valence-corrected chi connectivity index (χ3v) is 5.10. The van der Waals surface area contributed by atoms with Crippen molar-refractivity contribution in [2.45, 2.75) is 26.4 Å². The molecule has 7 nitrogen and oxygen atoms in total. The van der Waals surface area contributed by atoms with Crippen molar-refractivity contribution in [3.8, 4) is 17.2 Å². The fourth-order valence-corrected chi connectivity index (χ4v) is 3.59. The topological polar surface area (TPSA) is 78.8 Å². The van der Waals surface area contributed by atoms with E-state index in [2.05, 4.69) is 5.32 Å². The van der Waals surface area contributed by atoms with Crippen LogP contribution in [0.1, 0.15) is 25.5 Å². The lowest BCUT2D eigenvalue weighted by atomic mass is 10.1. The van der Waals surface area contributed by atoms with Crippen molar-refractivity contribution < 1.29 is 19.0 Å². The number of hydrogen-bond donors (Lipinski definition) is 1. The van der Waals surface area contributed by atoms with Crippen molar-refractivity contribution in [1.82, 2.24) is 9.88 Å². The number of ether oxygens (including phenoxy) is 3. The summed E-state index contributed by atoms with van der Waals surface area (Å²) in [6.07, 6.45) is 0. The number of amides is 1. The predicted octanol–water partition coefficient (Wildman–Crippen LogP) is 3.05. The van der Waals surface area contributed by atoms with Gasteiger partial charge in [0, 0.05) is 18.0 Å². The Balaban J connectivity index is 1.45. The Bertz CT molecular complexity index is 1140. The van der Waals surface area contributed by atoms with Crippen LogP contribution in [0.3, 0.4) is 0 Å². The van der Waals surface area contributed by atoms with Crippen molar-refractivity contribution in [2.24, 2.45) is 0 Å². The number of carbonyl (C=O) groups excluding carboxylic acids is 1. The molecular weight excluding hydrogens is 384 g/mol. The van der Waals surface area contributed by atoms with E-state index in [4.69, 9.17) is 14.2 Å². The van der Waals surface area contributed by atoms with Gasteiger partial charge in [0.1, 0.15) is 19.0 Å². The molecule has 0 bridgehead atoms. The molecule has 1 aliphatic heterocycles. The summed E-state index contributed by atoms with van der Waals surface area (Å²) in [6.45, 7) is 5.23. The molecule has 30 heavy (non-hydrogen) atoms. The second-order valence-corrected chi connectivity index (χ2v) is 7.09. The number of para-hydroxylation sites is 1. The summed E-state index contributed by atoms with van der Waals surface area (Å²) < 4.78 is 18.5. The summed E-state index contributed by atoms with van der Waals surface area (Å²) in [5.41, 5.74) is 1.53. The summed E-state index contributed by atoms with van der Waals surface area (Å²) >= 11 is 0. The zero-order chi connectivity index (χ0) is 21.1. The van der Waals surface area contributed by atoms with Gasteiger partial charge in [-0.05, 0) is 43.7 Å². The van der Waals surface area contributed by atoms with E-state index in [1.807, 2.05) is 56.3 Å². The van der Waals surface area contributed by atoms with E-state index in [1.54, 1.807) is 4.57 Å². The van der Waals surface area contributed by atoms with Crippen LogP contribution in [0.25, 0.3) is 10.9 Å². The number of hydrogen-bond acceptors (Lipinski definition) is 5. The quantitative estimate of drug-likeness (QED) is 0.678. The SMILES string of the molecule is CCn1c(=O)cc(OCC(=O)N[C@H](C)c2ccc3c(c2)OCCO3)c2ccccc21. The molecule has 3 aromatic rings. The summed E-state index contributed by atoms with van der Waals surface area (Å²) in [7, 11) is 0. The molecule has 0 unspecified atom stereocenters. The molecule has 4 rings (SSSR count). The largest absolute Gasteiger partial charge is 0.486 e. The molecule has 1 aromatic heterocycles. The Hall–Kier alpha value is -3.48. The highest BCUT2D eigenvalue weighted by Gasteiger charge is 2.17. The van der Waals surface area contributed by atoms with E-state index in [0.717, 1.165) is 16.5 Å². The van der Waals surface area contributed by atoms with Gasteiger partial charge in [0.25, 0.3) is 11.5 Å². The average Bonchev–Trinajstić information content (AvgIpc) is 2.77. The molecule has 1 aliphatic rings. The van der Waals surface area contributed by atoms with Crippen molar-refractivity contribution in [1.29, 1.82) is 0 Å². The Labute approximate surface area is 174 Å². The maximum atomic E-state index is 12.5. The summed E-state index contributed by atoms with van der Waals surface area (Å²) in [4.78, 5) is 24.8. The van der Waals surface area contributed by atoms with Crippen LogP contribution in [0.5, 0.6) is 17.2 Å². The first-order valence-electron chi connectivity index (χ1n) is 10.0. The molecule has 0 saturated carbocycles. The lowest BCUT2D eigenvalue weighted by Crippen LogP contribution is -2.31. The molecule has 0 aliphatic carbocycles. The van der Waals surface area contributed by atoms with Gasteiger partial charge in [0.15, 0.2) is 18.1 Å². The van der Waals surface area contributed by atoms with Crippen molar-refractivity contribution >= 4 is 16.8 Å². The Kier molecular flexibility index (Phi) is 5.61. The lowest BCUT2D eigenvalue weighted by Gasteiger charge is -2.21. The molecule has 1 atom stereocenters. The van der Waals surface area contributed by atoms with E-state index >= 15 is 0 Å². The van der Waals surface area contributed by atoms with E-state index in [9.17, 15) is 9.59 Å². The molecule has 0 saturated heterocycles. The van der Waals surface area contributed by atoms with Gasteiger partial charge in [-0.3, -0.25) is 9.59 Å². The zero-order valence-corrected chi connectivity index (χ0v) is 17.0. The van der Waals surface area contributed by atoms with Gasteiger partial charge in [0.2, 0.25) is 0 Å². The molecule has 2 aromatic carbocycles. The number of aryl methyl sites for hydroxylation is 1. The Morgan fingerprint density at radius 2 is 1.90 bits per heavy atom. The second-order valence-electron chi connectivity index (χ2n) is 7.09. The molecule has 0 spiro atoms. The molecule has 0 fully saturated rings. The highest BCUT2D eigenvalue weighted by molar-refractivity contribution is 5.86. The summed E-state index contributed by atoms with van der Waals surface area (Å²) in [5, 5.41) is 3.71. The number of benzene rings is 2. The lowest BCUT2D eigenvalue weighted by molar-refractivity contribution is -0.123. The number of fused-ring (bicyclic) bond motifs is 2.